The van der Waals surface area contributed by atoms with Gasteiger partial charge in [0.05, 0.1) is 0 Å². The molecule has 3 nitrogen and oxygen atoms in total. The topological polar surface area (TPSA) is 46.5 Å². The Balaban J connectivity index is 2.09. The van der Waals surface area contributed by atoms with E-state index in [0.717, 1.165) is 30.4 Å². The van der Waals surface area contributed by atoms with E-state index in [1.165, 1.54) is 12.0 Å². The zero-order chi connectivity index (χ0) is 22.4. The van der Waals surface area contributed by atoms with E-state index in [1.54, 1.807) is 0 Å². The van der Waals surface area contributed by atoms with Crippen molar-refractivity contribution in [3.63, 3.8) is 0 Å². The van der Waals surface area contributed by atoms with Gasteiger partial charge in [0.25, 0.3) is 8.32 Å². The Morgan fingerprint density at radius 2 is 1.70 bits per heavy atom. The summed E-state index contributed by atoms with van der Waals surface area (Å²) in [5.41, 5.74) is 3.95. The van der Waals surface area contributed by atoms with Gasteiger partial charge in [0.1, 0.15) is 11.9 Å². The molecule has 0 aromatic carbocycles. The van der Waals surface area contributed by atoms with Crippen LogP contribution in [0.1, 0.15) is 87.5 Å². The molecule has 0 bridgehead atoms. The van der Waals surface area contributed by atoms with Gasteiger partial charge >= 0.3 is 0 Å². The van der Waals surface area contributed by atoms with E-state index in [4.69, 9.17) is 4.43 Å². The number of carbonyl (C=O) groups is 1. The maximum Gasteiger partial charge on any atom is 0.258 e. The molecule has 0 amide bonds. The molecule has 3 aliphatic rings. The first-order valence-electron chi connectivity index (χ1n) is 12.0. The van der Waals surface area contributed by atoms with Crippen LogP contribution in [0.25, 0.3) is 0 Å². The Morgan fingerprint density at radius 1 is 1.10 bits per heavy atom. The molecule has 30 heavy (non-hydrogen) atoms. The molecule has 0 heterocycles. The fraction of sp³-hybridized carbons (Fsp3) is 0.731. The maximum absolute atomic E-state index is 13.3. The summed E-state index contributed by atoms with van der Waals surface area (Å²) in [6, 6.07) is 0. The van der Waals surface area contributed by atoms with Gasteiger partial charge in [-0.05, 0) is 59.9 Å². The molecule has 0 aromatic rings. The van der Waals surface area contributed by atoms with Crippen molar-refractivity contribution in [3.8, 4) is 0 Å². The minimum atomic E-state index is -2.19. The van der Waals surface area contributed by atoms with Gasteiger partial charge in [-0.3, -0.25) is 4.79 Å². The largest absolute Gasteiger partial charge is 0.544 e. The molecule has 2 atom stereocenters. The first-order chi connectivity index (χ1) is 13.9. The van der Waals surface area contributed by atoms with Crippen LogP contribution in [-0.4, -0.2) is 25.3 Å². The van der Waals surface area contributed by atoms with Gasteiger partial charge in [0.2, 0.25) is 0 Å². The summed E-state index contributed by atoms with van der Waals surface area (Å²) in [6.45, 7) is 17.7. The predicted octanol–water partition coefficient (Wildman–Crippen LogP) is 6.85. The highest BCUT2D eigenvalue weighted by Crippen LogP contribution is 2.50. The number of allylic oxidation sites excluding steroid dienone is 4. The summed E-state index contributed by atoms with van der Waals surface area (Å²) in [5.74, 6) is 1.36. The van der Waals surface area contributed by atoms with Crippen LogP contribution < -0.4 is 0 Å². The summed E-state index contributed by atoms with van der Waals surface area (Å²) in [6.07, 6.45) is 8.45. The number of fused-ring (bicyclic) bond motifs is 1. The van der Waals surface area contributed by atoms with E-state index in [2.05, 4.69) is 53.7 Å². The van der Waals surface area contributed by atoms with Crippen LogP contribution in [0.15, 0.2) is 34.6 Å². The molecule has 0 saturated carbocycles. The van der Waals surface area contributed by atoms with E-state index in [9.17, 15) is 9.90 Å². The van der Waals surface area contributed by atoms with Gasteiger partial charge in [-0.2, -0.15) is 0 Å². The van der Waals surface area contributed by atoms with Gasteiger partial charge in [-0.25, -0.2) is 0 Å². The molecular weight excluding hydrogens is 388 g/mol. The third kappa shape index (κ3) is 3.79. The molecule has 3 aliphatic carbocycles. The molecule has 2 unspecified atom stereocenters. The smallest absolute Gasteiger partial charge is 0.258 e. The second-order valence-electron chi connectivity index (χ2n) is 11.2. The number of hydrogen-bond acceptors (Lipinski definition) is 3. The van der Waals surface area contributed by atoms with Crippen molar-refractivity contribution >= 4 is 14.1 Å². The molecule has 0 aromatic heterocycles. The van der Waals surface area contributed by atoms with Crippen molar-refractivity contribution in [2.24, 2.45) is 11.3 Å². The van der Waals surface area contributed by atoms with Crippen LogP contribution in [0, 0.1) is 11.3 Å². The molecule has 0 aliphatic heterocycles. The van der Waals surface area contributed by atoms with E-state index < -0.39 is 19.8 Å². The average molecular weight is 431 g/mol. The van der Waals surface area contributed by atoms with Crippen molar-refractivity contribution in [1.82, 2.24) is 0 Å². The van der Waals surface area contributed by atoms with Crippen LogP contribution in [-0.2, 0) is 9.22 Å². The first kappa shape index (κ1) is 23.5. The van der Waals surface area contributed by atoms with Crippen LogP contribution in [0.5, 0.6) is 0 Å². The summed E-state index contributed by atoms with van der Waals surface area (Å²) in [7, 11) is -2.19. The van der Waals surface area contributed by atoms with Gasteiger partial charge in [0, 0.05) is 17.4 Å². The normalized spacial score (nSPS) is 27.0. The fourth-order valence-electron chi connectivity index (χ4n) is 6.56. The molecule has 4 heteroatoms. The second-order valence-corrected chi connectivity index (χ2v) is 16.6. The van der Waals surface area contributed by atoms with E-state index in [0.29, 0.717) is 34.7 Å². The minimum absolute atomic E-state index is 0.195. The van der Waals surface area contributed by atoms with E-state index in [1.807, 2.05) is 13.8 Å². The molecule has 1 N–H and O–H groups in total. The number of carbonyl (C=O) groups excluding carboxylic acids is 1. The Hall–Kier alpha value is -1.13. The average Bonchev–Trinajstić information content (AvgIpc) is 2.78. The monoisotopic (exact) mass is 430 g/mol. The lowest BCUT2D eigenvalue weighted by Gasteiger charge is -2.46. The summed E-state index contributed by atoms with van der Waals surface area (Å²) >= 11 is 0. The first-order valence-corrected chi connectivity index (χ1v) is 14.1. The zero-order valence-corrected chi connectivity index (χ0v) is 21.3. The van der Waals surface area contributed by atoms with E-state index >= 15 is 0 Å². The lowest BCUT2D eigenvalue weighted by molar-refractivity contribution is -0.116. The highest BCUT2D eigenvalue weighted by atomic mass is 28.4. The highest BCUT2D eigenvalue weighted by molar-refractivity contribution is 6.77. The third-order valence-electron chi connectivity index (χ3n) is 8.03. The number of aliphatic hydroxyl groups is 1. The van der Waals surface area contributed by atoms with Crippen LogP contribution in [0.2, 0.25) is 16.6 Å². The fourth-order valence-corrected chi connectivity index (χ4v) is 11.8. The molecule has 0 saturated heterocycles. The van der Waals surface area contributed by atoms with Crippen LogP contribution in [0.3, 0.4) is 0 Å². The number of hydrogen-bond donors (Lipinski definition) is 1. The predicted molar refractivity (Wildman–Crippen MR) is 127 cm³/mol. The van der Waals surface area contributed by atoms with Crippen molar-refractivity contribution in [3.05, 3.63) is 34.6 Å². The summed E-state index contributed by atoms with van der Waals surface area (Å²) in [4.78, 5) is 13.3. The van der Waals surface area contributed by atoms with Crippen LogP contribution >= 0.6 is 0 Å². The van der Waals surface area contributed by atoms with Crippen molar-refractivity contribution in [2.45, 2.75) is 110 Å². The standard InChI is InChI=1S/C26H42O3Si/c1-16(2)30(17(3)4,18(5)6)29-23-15-21-13-19-11-9-10-12-20(19)14-22(27)24(21)26(7,8)25(23)28/h12,15-19,25,28H,9-11,13-14H2,1-8H3. The maximum atomic E-state index is 13.3. The zero-order valence-electron chi connectivity index (χ0n) is 20.3. The van der Waals surface area contributed by atoms with Crippen molar-refractivity contribution < 1.29 is 14.3 Å². The van der Waals surface area contributed by atoms with Gasteiger partial charge in [0.15, 0.2) is 5.78 Å². The van der Waals surface area contributed by atoms with Crippen molar-refractivity contribution in [2.75, 3.05) is 0 Å². The molecule has 0 radical (unpaired) electrons. The number of rotatable bonds is 5. The van der Waals surface area contributed by atoms with Crippen LogP contribution in [0.4, 0.5) is 0 Å². The summed E-state index contributed by atoms with van der Waals surface area (Å²) in [5, 5.41) is 11.4. The van der Waals surface area contributed by atoms with E-state index in [-0.39, 0.29) is 5.78 Å². The minimum Gasteiger partial charge on any atom is -0.544 e. The molecule has 0 fully saturated rings. The number of Topliss-reactive ketones (excluding diaryl/α,β-unsaturated/α-hetero) is 1. The Morgan fingerprint density at radius 3 is 2.27 bits per heavy atom. The second kappa shape index (κ2) is 8.42. The molecule has 168 valence electrons. The molecule has 3 rings (SSSR count). The molecule has 0 spiro atoms. The van der Waals surface area contributed by atoms with Crippen molar-refractivity contribution in [1.29, 1.82) is 0 Å². The number of aliphatic hydroxyl groups excluding tert-OH is 1. The van der Waals surface area contributed by atoms with Gasteiger partial charge in [-0.1, -0.05) is 67.0 Å². The third-order valence-corrected chi connectivity index (χ3v) is 14.0. The summed E-state index contributed by atoms with van der Waals surface area (Å²) < 4.78 is 6.96. The Kier molecular flexibility index (Phi) is 6.61. The lowest BCUT2D eigenvalue weighted by Crippen LogP contribution is -2.50. The quantitative estimate of drug-likeness (QED) is 0.383. The van der Waals surface area contributed by atoms with Gasteiger partial charge < -0.3 is 9.53 Å². The SMILES string of the molecule is CC(C)[Si](OC1=CC2=C(C(=O)CC3=CCCCC3C2)C(C)(C)C1O)(C(C)C)C(C)C. The highest BCUT2D eigenvalue weighted by Gasteiger charge is 2.51. The van der Waals surface area contributed by atoms with Gasteiger partial charge in [-0.15, -0.1) is 0 Å². The lowest BCUT2D eigenvalue weighted by atomic mass is 9.70. The Bertz CT molecular complexity index is 760. The number of ketones is 1. The molecular formula is C26H42O3Si. The Labute approximate surface area is 184 Å².